The highest BCUT2D eigenvalue weighted by Crippen LogP contribution is 2.26. The van der Waals surface area contributed by atoms with Gasteiger partial charge in [0, 0.05) is 25.7 Å². The van der Waals surface area contributed by atoms with E-state index >= 15 is 0 Å². The third-order valence-electron chi connectivity index (χ3n) is 3.10. The van der Waals surface area contributed by atoms with Crippen molar-refractivity contribution in [3.8, 4) is 5.75 Å². The minimum absolute atomic E-state index is 0.0342. The largest absolute Gasteiger partial charge is 0.492 e. The molecule has 1 aromatic carbocycles. The molecule has 1 fully saturated rings. The van der Waals surface area contributed by atoms with Crippen LogP contribution < -0.4 is 10.1 Å². The van der Waals surface area contributed by atoms with Gasteiger partial charge in [-0.25, -0.2) is 0 Å². The van der Waals surface area contributed by atoms with Crippen LogP contribution in [0, 0.1) is 0 Å². The Morgan fingerprint density at radius 3 is 2.79 bits per heavy atom. The van der Waals surface area contributed by atoms with E-state index in [-0.39, 0.29) is 5.91 Å². The molecule has 0 spiro atoms. The topological polar surface area (TPSA) is 50.8 Å². The first-order valence-corrected chi connectivity index (χ1v) is 6.58. The molecule has 1 saturated heterocycles. The number of hydrogen-bond donors (Lipinski definition) is 1. The number of morpholine rings is 1. The molecule has 5 nitrogen and oxygen atoms in total. The molecule has 2 rings (SSSR count). The van der Waals surface area contributed by atoms with Gasteiger partial charge in [0.25, 0.3) is 5.91 Å². The van der Waals surface area contributed by atoms with Crippen molar-refractivity contribution in [2.75, 3.05) is 45.3 Å². The number of carbonyl (C=O) groups is 1. The number of hydrogen-bond acceptors (Lipinski definition) is 4. The summed E-state index contributed by atoms with van der Waals surface area (Å²) in [5.74, 6) is 0.746. The van der Waals surface area contributed by atoms with Gasteiger partial charge >= 0.3 is 0 Å². The first-order valence-electron chi connectivity index (χ1n) is 6.58. The van der Waals surface area contributed by atoms with Gasteiger partial charge in [0.2, 0.25) is 0 Å². The molecule has 0 bridgehead atoms. The molecule has 0 atom stereocenters. The summed E-state index contributed by atoms with van der Waals surface area (Å²) < 4.78 is 10.8. The Labute approximate surface area is 113 Å². The first kappa shape index (κ1) is 13.7. The third-order valence-corrected chi connectivity index (χ3v) is 3.10. The van der Waals surface area contributed by atoms with Gasteiger partial charge in [-0.15, -0.1) is 0 Å². The number of nitrogens with one attached hydrogen (secondary N) is 1. The Morgan fingerprint density at radius 1 is 1.42 bits per heavy atom. The van der Waals surface area contributed by atoms with Gasteiger partial charge in [0.05, 0.1) is 25.5 Å². The number of ether oxygens (including phenoxy) is 2. The van der Waals surface area contributed by atoms with E-state index in [1.54, 1.807) is 6.07 Å². The molecule has 19 heavy (non-hydrogen) atoms. The Balaban J connectivity index is 2.19. The van der Waals surface area contributed by atoms with Crippen LogP contribution >= 0.6 is 0 Å². The number of carbonyl (C=O) groups excluding carboxylic acids is 1. The van der Waals surface area contributed by atoms with Crippen molar-refractivity contribution in [2.24, 2.45) is 0 Å². The molecule has 0 aliphatic carbocycles. The molecule has 5 heteroatoms. The minimum atomic E-state index is 0.0342. The minimum Gasteiger partial charge on any atom is -0.492 e. The average Bonchev–Trinajstić information content (AvgIpc) is 2.47. The molecule has 1 amide bonds. The van der Waals surface area contributed by atoms with Gasteiger partial charge in [-0.3, -0.25) is 4.79 Å². The van der Waals surface area contributed by atoms with Gasteiger partial charge in [-0.2, -0.15) is 0 Å². The summed E-state index contributed by atoms with van der Waals surface area (Å²) in [6.45, 7) is 5.02. The summed E-state index contributed by atoms with van der Waals surface area (Å²) in [5, 5.41) is 3.06. The fraction of sp³-hybridized carbons (Fsp3) is 0.500. The van der Waals surface area contributed by atoms with E-state index in [4.69, 9.17) is 9.47 Å². The zero-order valence-corrected chi connectivity index (χ0v) is 11.4. The molecule has 0 saturated carbocycles. The normalized spacial score (nSPS) is 15.2. The summed E-state index contributed by atoms with van der Waals surface area (Å²) in [5.41, 5.74) is 1.55. The van der Waals surface area contributed by atoms with Crippen LogP contribution in [0.2, 0.25) is 0 Å². The Morgan fingerprint density at radius 2 is 2.16 bits per heavy atom. The van der Waals surface area contributed by atoms with Crippen LogP contribution in [0.1, 0.15) is 17.3 Å². The zero-order valence-electron chi connectivity index (χ0n) is 11.4. The van der Waals surface area contributed by atoms with Crippen molar-refractivity contribution < 1.29 is 14.3 Å². The van der Waals surface area contributed by atoms with Crippen molar-refractivity contribution in [3.63, 3.8) is 0 Å². The Hall–Kier alpha value is -1.75. The molecule has 1 aromatic rings. The van der Waals surface area contributed by atoms with Crippen LogP contribution in [0.15, 0.2) is 18.2 Å². The highest BCUT2D eigenvalue weighted by molar-refractivity contribution is 5.95. The van der Waals surface area contributed by atoms with E-state index in [1.165, 1.54) is 0 Å². The number of benzene rings is 1. The molecule has 104 valence electrons. The molecule has 0 radical (unpaired) electrons. The fourth-order valence-electron chi connectivity index (χ4n) is 2.09. The maximum absolute atomic E-state index is 12.4. The predicted molar refractivity (Wildman–Crippen MR) is 73.9 cm³/mol. The maximum Gasteiger partial charge on any atom is 0.254 e. The van der Waals surface area contributed by atoms with Crippen LogP contribution in [-0.2, 0) is 4.74 Å². The van der Waals surface area contributed by atoms with Gasteiger partial charge in [0.15, 0.2) is 0 Å². The molecular formula is C14H20N2O3. The van der Waals surface area contributed by atoms with Crippen molar-refractivity contribution in [2.45, 2.75) is 6.92 Å². The summed E-state index contributed by atoms with van der Waals surface area (Å²) in [7, 11) is 1.83. The van der Waals surface area contributed by atoms with Crippen LogP contribution in [0.5, 0.6) is 5.75 Å². The maximum atomic E-state index is 12.4. The molecule has 0 unspecified atom stereocenters. The standard InChI is InChI=1S/C14H20N2O3/c1-3-19-13-10-11(4-5-12(13)15-2)14(17)16-6-8-18-9-7-16/h4-5,10,15H,3,6-9H2,1-2H3. The van der Waals surface area contributed by atoms with E-state index in [9.17, 15) is 4.79 Å². The van der Waals surface area contributed by atoms with Crippen LogP contribution in [-0.4, -0.2) is 50.8 Å². The Bertz CT molecular complexity index is 442. The van der Waals surface area contributed by atoms with Crippen molar-refractivity contribution in [3.05, 3.63) is 23.8 Å². The van der Waals surface area contributed by atoms with Crippen LogP contribution in [0.3, 0.4) is 0 Å². The molecule has 1 heterocycles. The van der Waals surface area contributed by atoms with Gasteiger partial charge < -0.3 is 19.7 Å². The summed E-state index contributed by atoms with van der Waals surface area (Å²) in [6.07, 6.45) is 0. The van der Waals surface area contributed by atoms with Crippen LogP contribution in [0.4, 0.5) is 5.69 Å². The quantitative estimate of drug-likeness (QED) is 0.897. The first-order chi connectivity index (χ1) is 9.26. The number of anilines is 1. The van der Waals surface area contributed by atoms with E-state index in [1.807, 2.05) is 31.0 Å². The lowest BCUT2D eigenvalue weighted by Crippen LogP contribution is -2.40. The Kier molecular flexibility index (Phi) is 4.63. The number of nitrogens with zero attached hydrogens (tertiary/aromatic N) is 1. The van der Waals surface area contributed by atoms with E-state index < -0.39 is 0 Å². The predicted octanol–water partition coefficient (Wildman–Crippen LogP) is 1.60. The van der Waals surface area contributed by atoms with Crippen molar-refractivity contribution in [1.82, 2.24) is 4.90 Å². The second-order valence-corrected chi connectivity index (χ2v) is 4.30. The second-order valence-electron chi connectivity index (χ2n) is 4.30. The molecule has 1 aliphatic rings. The van der Waals surface area contributed by atoms with E-state index in [0.29, 0.717) is 44.2 Å². The average molecular weight is 264 g/mol. The smallest absolute Gasteiger partial charge is 0.254 e. The van der Waals surface area contributed by atoms with E-state index in [2.05, 4.69) is 5.32 Å². The monoisotopic (exact) mass is 264 g/mol. The molecular weight excluding hydrogens is 244 g/mol. The van der Waals surface area contributed by atoms with Gasteiger partial charge in [-0.05, 0) is 25.1 Å². The number of rotatable bonds is 4. The molecule has 1 N–H and O–H groups in total. The molecule has 1 aliphatic heterocycles. The van der Waals surface area contributed by atoms with E-state index in [0.717, 1.165) is 5.69 Å². The second kappa shape index (κ2) is 6.43. The third kappa shape index (κ3) is 3.17. The SMILES string of the molecule is CCOc1cc(C(=O)N2CCOCC2)ccc1NC. The van der Waals surface area contributed by atoms with Gasteiger partial charge in [0.1, 0.15) is 5.75 Å². The lowest BCUT2D eigenvalue weighted by Gasteiger charge is -2.27. The van der Waals surface area contributed by atoms with Crippen molar-refractivity contribution in [1.29, 1.82) is 0 Å². The zero-order chi connectivity index (χ0) is 13.7. The summed E-state index contributed by atoms with van der Waals surface area (Å²) in [6, 6.07) is 5.50. The summed E-state index contributed by atoms with van der Waals surface area (Å²) >= 11 is 0. The molecule has 0 aromatic heterocycles. The van der Waals surface area contributed by atoms with Crippen LogP contribution in [0.25, 0.3) is 0 Å². The number of amides is 1. The lowest BCUT2D eigenvalue weighted by molar-refractivity contribution is 0.0302. The highest BCUT2D eigenvalue weighted by Gasteiger charge is 2.19. The highest BCUT2D eigenvalue weighted by atomic mass is 16.5. The fourth-order valence-corrected chi connectivity index (χ4v) is 2.09. The van der Waals surface area contributed by atoms with Gasteiger partial charge in [-0.1, -0.05) is 0 Å². The van der Waals surface area contributed by atoms with Crippen molar-refractivity contribution >= 4 is 11.6 Å². The lowest BCUT2D eigenvalue weighted by atomic mass is 10.1. The summed E-state index contributed by atoms with van der Waals surface area (Å²) in [4.78, 5) is 14.2.